The van der Waals surface area contributed by atoms with Crippen molar-refractivity contribution in [2.45, 2.75) is 26.2 Å². The number of rotatable bonds is 8. The molecule has 1 atom stereocenters. The number of carbonyl (C=O) groups excluding carboxylic acids is 1. The van der Waals surface area contributed by atoms with Crippen LogP contribution < -0.4 is 5.32 Å². The van der Waals surface area contributed by atoms with Crippen LogP contribution in [0, 0.1) is 16.0 Å². The number of hydrogen-bond acceptors (Lipinski definition) is 4. The highest BCUT2D eigenvalue weighted by molar-refractivity contribution is 5.79. The molecule has 0 aromatic heterocycles. The summed E-state index contributed by atoms with van der Waals surface area (Å²) in [7, 11) is 0. The second kappa shape index (κ2) is 7.98. The number of carbonyl (C=O) groups is 2. The molecule has 7 heteroatoms. The van der Waals surface area contributed by atoms with Crippen molar-refractivity contribution in [3.05, 3.63) is 39.9 Å². The smallest absolute Gasteiger partial charge is 0.306 e. The average molecular weight is 294 g/mol. The van der Waals surface area contributed by atoms with Gasteiger partial charge < -0.3 is 10.4 Å². The van der Waals surface area contributed by atoms with Crippen LogP contribution in [0.3, 0.4) is 0 Å². The lowest BCUT2D eigenvalue weighted by Gasteiger charge is -2.07. The minimum Gasteiger partial charge on any atom is -0.481 e. The van der Waals surface area contributed by atoms with E-state index in [-0.39, 0.29) is 18.0 Å². The van der Waals surface area contributed by atoms with E-state index in [4.69, 9.17) is 5.11 Å². The highest BCUT2D eigenvalue weighted by atomic mass is 16.6. The van der Waals surface area contributed by atoms with Crippen molar-refractivity contribution in [1.29, 1.82) is 0 Å². The van der Waals surface area contributed by atoms with Crippen LogP contribution in [-0.4, -0.2) is 28.5 Å². The maximum absolute atomic E-state index is 11.7. The second-order valence-corrected chi connectivity index (χ2v) is 4.79. The molecule has 0 bridgehead atoms. The van der Waals surface area contributed by atoms with Crippen LogP contribution in [0.1, 0.15) is 25.3 Å². The van der Waals surface area contributed by atoms with Gasteiger partial charge >= 0.3 is 5.97 Å². The van der Waals surface area contributed by atoms with Gasteiger partial charge in [-0.2, -0.15) is 0 Å². The molecule has 0 fully saturated rings. The zero-order valence-electron chi connectivity index (χ0n) is 11.7. The first kappa shape index (κ1) is 16.6. The van der Waals surface area contributed by atoms with E-state index in [1.165, 1.54) is 6.07 Å². The van der Waals surface area contributed by atoms with Crippen LogP contribution >= 0.6 is 0 Å². The number of hydrogen-bond donors (Lipinski definition) is 2. The number of aliphatic carboxylic acids is 1. The van der Waals surface area contributed by atoms with E-state index in [1.54, 1.807) is 25.1 Å². The summed E-state index contributed by atoms with van der Waals surface area (Å²) in [4.78, 5) is 32.6. The number of carboxylic acid groups (broad SMARTS) is 1. The van der Waals surface area contributed by atoms with E-state index in [0.29, 0.717) is 24.9 Å². The summed E-state index contributed by atoms with van der Waals surface area (Å²) in [5.41, 5.74) is 0.283. The van der Waals surface area contributed by atoms with Crippen molar-refractivity contribution in [2.75, 3.05) is 6.54 Å². The Balaban J connectivity index is 2.41. The van der Waals surface area contributed by atoms with Gasteiger partial charge in [-0.1, -0.05) is 25.1 Å². The van der Waals surface area contributed by atoms with E-state index in [2.05, 4.69) is 5.32 Å². The predicted molar refractivity (Wildman–Crippen MR) is 75.8 cm³/mol. The Labute approximate surface area is 122 Å². The molecule has 1 aromatic carbocycles. The number of para-hydroxylation sites is 1. The number of carboxylic acids is 1. The Morgan fingerprint density at radius 2 is 2.05 bits per heavy atom. The Hall–Kier alpha value is -2.44. The lowest BCUT2D eigenvalue weighted by Crippen LogP contribution is -2.27. The van der Waals surface area contributed by atoms with E-state index in [0.717, 1.165) is 0 Å². The number of nitro benzene ring substituents is 1. The number of nitrogens with zero attached hydrogens (tertiary/aromatic N) is 1. The van der Waals surface area contributed by atoms with Crippen LogP contribution in [0.25, 0.3) is 0 Å². The summed E-state index contributed by atoms with van der Waals surface area (Å²) in [5, 5.41) is 22.2. The van der Waals surface area contributed by atoms with Gasteiger partial charge in [0.2, 0.25) is 5.91 Å². The third-order valence-electron chi connectivity index (χ3n) is 3.10. The maximum Gasteiger partial charge on any atom is 0.306 e. The maximum atomic E-state index is 11.7. The summed E-state index contributed by atoms with van der Waals surface area (Å²) in [6.45, 7) is 1.97. The van der Waals surface area contributed by atoms with Crippen molar-refractivity contribution >= 4 is 17.6 Å². The minimum absolute atomic E-state index is 0.0639. The third-order valence-corrected chi connectivity index (χ3v) is 3.10. The summed E-state index contributed by atoms with van der Waals surface area (Å²) in [6.07, 6.45) is 0.961. The zero-order chi connectivity index (χ0) is 15.8. The largest absolute Gasteiger partial charge is 0.481 e. The molecule has 0 heterocycles. The number of nitrogens with one attached hydrogen (secondary N) is 1. The SMILES string of the molecule is CC(CCCNC(=O)Cc1ccccc1[N+](=O)[O-])C(=O)O. The van der Waals surface area contributed by atoms with Crippen LogP contribution in [0.15, 0.2) is 24.3 Å². The van der Waals surface area contributed by atoms with Gasteiger partial charge in [-0.25, -0.2) is 0 Å². The predicted octanol–water partition coefficient (Wildman–Crippen LogP) is 1.75. The fourth-order valence-corrected chi connectivity index (χ4v) is 1.83. The molecule has 1 amide bonds. The molecule has 0 aliphatic heterocycles. The Morgan fingerprint density at radius 1 is 1.38 bits per heavy atom. The Bertz CT molecular complexity index is 530. The van der Waals surface area contributed by atoms with Gasteiger partial charge in [0.1, 0.15) is 0 Å². The van der Waals surface area contributed by atoms with Crippen LogP contribution in [0.2, 0.25) is 0 Å². The topological polar surface area (TPSA) is 110 Å². The van der Waals surface area contributed by atoms with Crippen molar-refractivity contribution in [2.24, 2.45) is 5.92 Å². The average Bonchev–Trinajstić information content (AvgIpc) is 2.43. The van der Waals surface area contributed by atoms with Gasteiger partial charge in [-0.3, -0.25) is 19.7 Å². The number of amides is 1. The van der Waals surface area contributed by atoms with Gasteiger partial charge in [0, 0.05) is 18.2 Å². The molecule has 1 aromatic rings. The molecule has 2 N–H and O–H groups in total. The van der Waals surface area contributed by atoms with Crippen LogP contribution in [0.5, 0.6) is 0 Å². The molecular formula is C14H18N2O5. The highest BCUT2D eigenvalue weighted by Gasteiger charge is 2.15. The number of nitro groups is 1. The highest BCUT2D eigenvalue weighted by Crippen LogP contribution is 2.17. The van der Waals surface area contributed by atoms with Crippen molar-refractivity contribution in [1.82, 2.24) is 5.32 Å². The molecule has 1 rings (SSSR count). The van der Waals surface area contributed by atoms with Crippen LogP contribution in [0.4, 0.5) is 5.69 Å². The molecule has 1 unspecified atom stereocenters. The molecule has 0 radical (unpaired) electrons. The Kier molecular flexibility index (Phi) is 6.32. The van der Waals surface area contributed by atoms with Crippen molar-refractivity contribution in [3.8, 4) is 0 Å². The number of benzene rings is 1. The van der Waals surface area contributed by atoms with E-state index in [1.807, 2.05) is 0 Å². The summed E-state index contributed by atoms with van der Waals surface area (Å²) >= 11 is 0. The normalized spacial score (nSPS) is 11.7. The fraction of sp³-hybridized carbons (Fsp3) is 0.429. The summed E-state index contributed by atoms with van der Waals surface area (Å²) in [5.74, 6) is -1.62. The monoisotopic (exact) mass is 294 g/mol. The zero-order valence-corrected chi connectivity index (χ0v) is 11.7. The summed E-state index contributed by atoms with van der Waals surface area (Å²) in [6, 6.07) is 6.10. The lowest BCUT2D eigenvalue weighted by atomic mass is 10.1. The van der Waals surface area contributed by atoms with Crippen LogP contribution in [-0.2, 0) is 16.0 Å². The minimum atomic E-state index is -0.860. The van der Waals surface area contributed by atoms with Gasteiger partial charge in [0.05, 0.1) is 17.3 Å². The van der Waals surface area contributed by atoms with E-state index < -0.39 is 16.8 Å². The molecule has 0 saturated carbocycles. The van der Waals surface area contributed by atoms with Crippen molar-refractivity contribution < 1.29 is 19.6 Å². The quantitative estimate of drug-likeness (QED) is 0.431. The van der Waals surface area contributed by atoms with Crippen molar-refractivity contribution in [3.63, 3.8) is 0 Å². The fourth-order valence-electron chi connectivity index (χ4n) is 1.83. The molecule has 7 nitrogen and oxygen atoms in total. The molecular weight excluding hydrogens is 276 g/mol. The molecule has 0 aliphatic carbocycles. The molecule has 21 heavy (non-hydrogen) atoms. The third kappa shape index (κ3) is 5.60. The molecule has 0 saturated heterocycles. The van der Waals surface area contributed by atoms with E-state index >= 15 is 0 Å². The Morgan fingerprint density at radius 3 is 2.67 bits per heavy atom. The first-order valence-corrected chi connectivity index (χ1v) is 6.63. The van der Waals surface area contributed by atoms with E-state index in [9.17, 15) is 19.7 Å². The first-order valence-electron chi connectivity index (χ1n) is 6.63. The van der Waals surface area contributed by atoms with Gasteiger partial charge in [-0.15, -0.1) is 0 Å². The lowest BCUT2D eigenvalue weighted by molar-refractivity contribution is -0.385. The molecule has 114 valence electrons. The standard InChI is InChI=1S/C14H18N2O5/c1-10(14(18)19)5-4-8-15-13(17)9-11-6-2-3-7-12(11)16(20)21/h2-3,6-7,10H,4-5,8-9H2,1H3,(H,15,17)(H,18,19). The van der Waals surface area contributed by atoms with Gasteiger partial charge in [-0.05, 0) is 12.8 Å². The summed E-state index contributed by atoms with van der Waals surface area (Å²) < 4.78 is 0. The second-order valence-electron chi connectivity index (χ2n) is 4.79. The van der Waals surface area contributed by atoms with Gasteiger partial charge in [0.15, 0.2) is 0 Å². The first-order chi connectivity index (χ1) is 9.91. The molecule has 0 aliphatic rings. The molecule has 0 spiro atoms. The van der Waals surface area contributed by atoms with Gasteiger partial charge in [0.25, 0.3) is 5.69 Å².